The summed E-state index contributed by atoms with van der Waals surface area (Å²) in [4.78, 5) is 11.2. The molecule has 1 atom stereocenters. The molecule has 0 saturated heterocycles. The van der Waals surface area contributed by atoms with Gasteiger partial charge in [-0.05, 0) is 26.2 Å². The van der Waals surface area contributed by atoms with Gasteiger partial charge in [-0.25, -0.2) is 0 Å². The van der Waals surface area contributed by atoms with Crippen molar-refractivity contribution in [2.75, 3.05) is 0 Å². The summed E-state index contributed by atoms with van der Waals surface area (Å²) >= 11 is 1.18. The van der Waals surface area contributed by atoms with Gasteiger partial charge in [-0.2, -0.15) is 0 Å². The Morgan fingerprint density at radius 3 is 2.93 bits per heavy atom. The van der Waals surface area contributed by atoms with Crippen molar-refractivity contribution in [3.05, 3.63) is 35.6 Å². The van der Waals surface area contributed by atoms with Crippen molar-refractivity contribution < 1.29 is 9.90 Å². The average Bonchev–Trinajstić information content (AvgIpc) is 2.41. The van der Waals surface area contributed by atoms with Gasteiger partial charge in [-0.1, -0.05) is 35.6 Å². The molecule has 0 unspecified atom stereocenters. The van der Waals surface area contributed by atoms with Crippen LogP contribution in [0.3, 0.4) is 0 Å². The topological polar surface area (TPSA) is 37.3 Å². The van der Waals surface area contributed by atoms with E-state index < -0.39 is 4.75 Å². The Morgan fingerprint density at radius 1 is 1.60 bits per heavy atom. The van der Waals surface area contributed by atoms with Crippen LogP contribution in [0.1, 0.15) is 26.2 Å². The van der Waals surface area contributed by atoms with Crippen molar-refractivity contribution in [1.82, 2.24) is 0 Å². The van der Waals surface area contributed by atoms with E-state index in [1.807, 2.05) is 13.0 Å². The Morgan fingerprint density at radius 2 is 2.40 bits per heavy atom. The van der Waals surface area contributed by atoms with Crippen LogP contribution in [0.2, 0.25) is 0 Å². The van der Waals surface area contributed by atoms with E-state index in [0.717, 1.165) is 19.3 Å². The minimum Gasteiger partial charge on any atom is -0.510 e. The molecule has 1 N–H and O–H groups in total. The number of carbonyl (C=O) groups is 1. The number of hydrogen-bond acceptors (Lipinski definition) is 3. The molecule has 0 saturated carbocycles. The monoisotopic (exact) mass is 222 g/mol. The van der Waals surface area contributed by atoms with Gasteiger partial charge in [0, 0.05) is 6.08 Å². The summed E-state index contributed by atoms with van der Waals surface area (Å²) in [6, 6.07) is 0. The van der Waals surface area contributed by atoms with E-state index in [9.17, 15) is 9.90 Å². The molecule has 80 valence electrons. The average molecular weight is 222 g/mol. The van der Waals surface area contributed by atoms with Gasteiger partial charge in [0.15, 0.2) is 0 Å². The minimum absolute atomic E-state index is 0.0633. The molecule has 2 nitrogen and oxygen atoms in total. The lowest BCUT2D eigenvalue weighted by atomic mass is 9.97. The second kappa shape index (κ2) is 3.89. The second-order valence-electron chi connectivity index (χ2n) is 4.07. The van der Waals surface area contributed by atoms with Crippen LogP contribution in [-0.4, -0.2) is 15.0 Å². The van der Waals surface area contributed by atoms with Gasteiger partial charge in [0.2, 0.25) is 5.12 Å². The molecule has 0 aromatic heterocycles. The highest BCUT2D eigenvalue weighted by Crippen LogP contribution is 2.40. The molecule has 0 radical (unpaired) electrons. The lowest BCUT2D eigenvalue weighted by Crippen LogP contribution is -2.17. The molecule has 3 heteroatoms. The predicted molar refractivity (Wildman–Crippen MR) is 62.8 cm³/mol. The molecule has 2 aliphatic rings. The van der Waals surface area contributed by atoms with Crippen molar-refractivity contribution in [3.63, 3.8) is 0 Å². The lowest BCUT2D eigenvalue weighted by Gasteiger charge is -2.20. The standard InChI is InChI=1S/C12H14O2S/c1-12(10(13)7-11(14)15-12)8-9-5-3-2-4-6-9/h3,5,7-8,13H,2,4,6H2,1H3/b9-8-/t12-/m0/s1. The SMILES string of the molecule is C[C@@]1(/C=C2/C=CCCC2)SC(=O)C=C1O. The Bertz CT molecular complexity index is 379. The first kappa shape index (κ1) is 10.6. The molecule has 0 aromatic carbocycles. The highest BCUT2D eigenvalue weighted by molar-refractivity contribution is 8.15. The van der Waals surface area contributed by atoms with Crippen LogP contribution in [0.25, 0.3) is 0 Å². The molecule has 1 heterocycles. The van der Waals surface area contributed by atoms with E-state index >= 15 is 0 Å². The maximum Gasteiger partial charge on any atom is 0.216 e. The van der Waals surface area contributed by atoms with E-state index in [-0.39, 0.29) is 10.9 Å². The number of aliphatic hydroxyl groups excluding tert-OH is 1. The maximum atomic E-state index is 11.2. The largest absolute Gasteiger partial charge is 0.510 e. The summed E-state index contributed by atoms with van der Waals surface area (Å²) in [5.41, 5.74) is 1.21. The zero-order chi connectivity index (χ0) is 10.9. The summed E-state index contributed by atoms with van der Waals surface area (Å²) in [6.45, 7) is 1.88. The molecule has 0 aromatic rings. The van der Waals surface area contributed by atoms with Crippen LogP contribution in [0.4, 0.5) is 0 Å². The van der Waals surface area contributed by atoms with E-state index in [4.69, 9.17) is 0 Å². The first-order valence-electron chi connectivity index (χ1n) is 5.12. The highest BCUT2D eigenvalue weighted by atomic mass is 32.2. The third kappa shape index (κ3) is 2.17. The van der Waals surface area contributed by atoms with Crippen LogP contribution >= 0.6 is 11.8 Å². The Balaban J connectivity index is 2.24. The molecular weight excluding hydrogens is 208 g/mol. The summed E-state index contributed by atoms with van der Waals surface area (Å²) in [5.74, 6) is 0.170. The fraction of sp³-hybridized carbons (Fsp3) is 0.417. The summed E-state index contributed by atoms with van der Waals surface area (Å²) in [5, 5.41) is 9.64. The Hall–Kier alpha value is -0.960. The zero-order valence-corrected chi connectivity index (χ0v) is 9.51. The van der Waals surface area contributed by atoms with Crippen LogP contribution in [-0.2, 0) is 4.79 Å². The molecule has 2 rings (SSSR count). The van der Waals surface area contributed by atoms with Crippen LogP contribution < -0.4 is 0 Å². The van der Waals surface area contributed by atoms with Gasteiger partial charge < -0.3 is 5.11 Å². The van der Waals surface area contributed by atoms with Gasteiger partial charge in [0.1, 0.15) is 5.76 Å². The van der Waals surface area contributed by atoms with Crippen molar-refractivity contribution >= 4 is 16.9 Å². The van der Waals surface area contributed by atoms with E-state index in [1.165, 1.54) is 23.4 Å². The third-order valence-electron chi connectivity index (χ3n) is 2.70. The van der Waals surface area contributed by atoms with E-state index in [0.29, 0.717) is 0 Å². The molecular formula is C12H14O2S. The van der Waals surface area contributed by atoms with E-state index in [1.54, 1.807) is 0 Å². The van der Waals surface area contributed by atoms with Crippen molar-refractivity contribution in [1.29, 1.82) is 0 Å². The van der Waals surface area contributed by atoms with Gasteiger partial charge in [0.05, 0.1) is 4.75 Å². The number of hydrogen-bond donors (Lipinski definition) is 1. The van der Waals surface area contributed by atoms with Gasteiger partial charge in [-0.3, -0.25) is 4.79 Å². The number of carbonyl (C=O) groups excluding carboxylic acids is 1. The molecule has 1 aliphatic heterocycles. The first-order chi connectivity index (χ1) is 7.10. The van der Waals surface area contributed by atoms with Gasteiger partial charge in [0.25, 0.3) is 0 Å². The number of aliphatic hydroxyl groups is 1. The van der Waals surface area contributed by atoms with Gasteiger partial charge >= 0.3 is 0 Å². The first-order valence-corrected chi connectivity index (χ1v) is 5.94. The second-order valence-corrected chi connectivity index (χ2v) is 5.53. The number of allylic oxidation sites excluding steroid dienone is 3. The number of rotatable bonds is 1. The maximum absolute atomic E-state index is 11.2. The molecule has 0 amide bonds. The van der Waals surface area contributed by atoms with Crippen LogP contribution in [0.15, 0.2) is 35.6 Å². The molecule has 0 fully saturated rings. The van der Waals surface area contributed by atoms with E-state index in [2.05, 4.69) is 12.2 Å². The van der Waals surface area contributed by atoms with Crippen molar-refractivity contribution in [3.8, 4) is 0 Å². The third-order valence-corrected chi connectivity index (χ3v) is 3.77. The Labute approximate surface area is 93.8 Å². The van der Waals surface area contributed by atoms with Gasteiger partial charge in [-0.15, -0.1) is 0 Å². The quantitative estimate of drug-likeness (QED) is 0.740. The minimum atomic E-state index is -0.548. The molecule has 15 heavy (non-hydrogen) atoms. The molecule has 0 bridgehead atoms. The fourth-order valence-electron chi connectivity index (χ4n) is 1.87. The Kier molecular flexibility index (Phi) is 2.74. The highest BCUT2D eigenvalue weighted by Gasteiger charge is 2.36. The van der Waals surface area contributed by atoms with Crippen LogP contribution in [0, 0.1) is 0 Å². The lowest BCUT2D eigenvalue weighted by molar-refractivity contribution is -0.106. The van der Waals surface area contributed by atoms with Crippen molar-refractivity contribution in [2.45, 2.75) is 30.9 Å². The summed E-state index contributed by atoms with van der Waals surface area (Å²) < 4.78 is -0.548. The van der Waals surface area contributed by atoms with Crippen LogP contribution in [0.5, 0.6) is 0 Å². The van der Waals surface area contributed by atoms with Crippen molar-refractivity contribution in [2.24, 2.45) is 0 Å². The molecule has 0 spiro atoms. The normalized spacial score (nSPS) is 33.5. The molecule has 1 aliphatic carbocycles. The smallest absolute Gasteiger partial charge is 0.216 e. The summed E-state index contributed by atoms with van der Waals surface area (Å²) in [6.07, 6.45) is 10.9. The predicted octanol–water partition coefficient (Wildman–Crippen LogP) is 3.13. The number of thioether (sulfide) groups is 1. The fourth-order valence-corrected chi connectivity index (χ4v) is 2.83. The zero-order valence-electron chi connectivity index (χ0n) is 8.69. The summed E-state index contributed by atoms with van der Waals surface area (Å²) in [7, 11) is 0.